The van der Waals surface area contributed by atoms with E-state index in [1.165, 1.54) is 12.1 Å². The SMILES string of the molecule is O=[N+]([O-])c1cccc(Nc2ncc3scc(I)c3n2)c1. The van der Waals surface area contributed by atoms with E-state index in [-0.39, 0.29) is 5.69 Å². The second kappa shape index (κ2) is 5.29. The highest BCUT2D eigenvalue weighted by molar-refractivity contribution is 14.1. The Morgan fingerprint density at radius 3 is 3.05 bits per heavy atom. The molecule has 2 aromatic heterocycles. The molecule has 0 aliphatic rings. The second-order valence-corrected chi connectivity index (χ2v) is 6.00. The maximum absolute atomic E-state index is 10.7. The molecular weight excluding hydrogens is 391 g/mol. The lowest BCUT2D eigenvalue weighted by molar-refractivity contribution is -0.384. The minimum Gasteiger partial charge on any atom is -0.324 e. The first-order valence-corrected chi connectivity index (χ1v) is 7.50. The molecule has 0 fully saturated rings. The van der Waals surface area contributed by atoms with Crippen molar-refractivity contribution in [2.24, 2.45) is 0 Å². The van der Waals surface area contributed by atoms with Crippen molar-refractivity contribution in [3.63, 3.8) is 0 Å². The molecule has 0 aliphatic heterocycles. The number of aromatic nitrogens is 2. The van der Waals surface area contributed by atoms with Crippen LogP contribution in [0.1, 0.15) is 0 Å². The molecule has 8 heteroatoms. The van der Waals surface area contributed by atoms with Crippen LogP contribution in [0.5, 0.6) is 0 Å². The van der Waals surface area contributed by atoms with Gasteiger partial charge in [-0.05, 0) is 28.7 Å². The van der Waals surface area contributed by atoms with Gasteiger partial charge in [0.25, 0.3) is 5.69 Å². The number of nitro benzene ring substituents is 1. The summed E-state index contributed by atoms with van der Waals surface area (Å²) < 4.78 is 2.08. The van der Waals surface area contributed by atoms with E-state index in [4.69, 9.17) is 0 Å². The van der Waals surface area contributed by atoms with Crippen LogP contribution in [-0.2, 0) is 0 Å². The number of benzene rings is 1. The molecule has 100 valence electrons. The summed E-state index contributed by atoms with van der Waals surface area (Å²) in [6.45, 7) is 0. The predicted octanol–water partition coefficient (Wildman–Crippen LogP) is 3.95. The molecular formula is C12H7IN4O2S. The van der Waals surface area contributed by atoms with Crippen molar-refractivity contribution in [1.29, 1.82) is 0 Å². The van der Waals surface area contributed by atoms with Gasteiger partial charge >= 0.3 is 0 Å². The van der Waals surface area contributed by atoms with Crippen molar-refractivity contribution in [1.82, 2.24) is 9.97 Å². The van der Waals surface area contributed by atoms with Gasteiger partial charge in [-0.1, -0.05) is 6.07 Å². The third-order valence-electron chi connectivity index (χ3n) is 2.58. The van der Waals surface area contributed by atoms with Gasteiger partial charge in [-0.25, -0.2) is 9.97 Å². The molecule has 1 N–H and O–H groups in total. The lowest BCUT2D eigenvalue weighted by Gasteiger charge is -2.04. The third-order valence-corrected chi connectivity index (χ3v) is 4.74. The van der Waals surface area contributed by atoms with Crippen LogP contribution >= 0.6 is 33.9 Å². The Morgan fingerprint density at radius 1 is 1.40 bits per heavy atom. The molecule has 2 heterocycles. The van der Waals surface area contributed by atoms with Crippen LogP contribution in [0.2, 0.25) is 0 Å². The van der Waals surface area contributed by atoms with Gasteiger partial charge < -0.3 is 5.32 Å². The average molecular weight is 398 g/mol. The number of thiophene rings is 1. The highest BCUT2D eigenvalue weighted by Gasteiger charge is 2.08. The van der Waals surface area contributed by atoms with E-state index in [1.807, 2.05) is 5.38 Å². The highest BCUT2D eigenvalue weighted by atomic mass is 127. The summed E-state index contributed by atoms with van der Waals surface area (Å²) in [6.07, 6.45) is 1.74. The van der Waals surface area contributed by atoms with Crippen molar-refractivity contribution in [2.75, 3.05) is 5.32 Å². The highest BCUT2D eigenvalue weighted by Crippen LogP contribution is 2.26. The summed E-state index contributed by atoms with van der Waals surface area (Å²) in [6, 6.07) is 6.25. The quantitative estimate of drug-likeness (QED) is 0.411. The van der Waals surface area contributed by atoms with Gasteiger partial charge in [-0.2, -0.15) is 0 Å². The Kier molecular flexibility index (Phi) is 3.49. The van der Waals surface area contributed by atoms with Crippen molar-refractivity contribution >= 4 is 61.5 Å². The molecule has 0 unspecified atom stereocenters. The molecule has 20 heavy (non-hydrogen) atoms. The molecule has 6 nitrogen and oxygen atoms in total. The number of hydrogen-bond donors (Lipinski definition) is 1. The Morgan fingerprint density at radius 2 is 2.25 bits per heavy atom. The molecule has 0 atom stereocenters. The number of nitro groups is 1. The van der Waals surface area contributed by atoms with Crippen LogP contribution in [0.4, 0.5) is 17.3 Å². The monoisotopic (exact) mass is 398 g/mol. The maximum atomic E-state index is 10.7. The van der Waals surface area contributed by atoms with E-state index in [9.17, 15) is 10.1 Å². The fourth-order valence-electron chi connectivity index (χ4n) is 1.69. The number of fused-ring (bicyclic) bond motifs is 1. The zero-order valence-corrected chi connectivity index (χ0v) is 12.9. The van der Waals surface area contributed by atoms with E-state index in [1.54, 1.807) is 29.7 Å². The number of hydrogen-bond acceptors (Lipinski definition) is 6. The van der Waals surface area contributed by atoms with Crippen LogP contribution in [0.25, 0.3) is 10.2 Å². The van der Waals surface area contributed by atoms with Gasteiger partial charge in [0.05, 0.1) is 24.9 Å². The molecule has 3 rings (SSSR count). The molecule has 0 aliphatic carbocycles. The number of nitrogens with zero attached hydrogens (tertiary/aromatic N) is 3. The van der Waals surface area contributed by atoms with Gasteiger partial charge in [0, 0.05) is 23.2 Å². The average Bonchev–Trinajstić information content (AvgIpc) is 2.81. The fraction of sp³-hybridized carbons (Fsp3) is 0. The predicted molar refractivity (Wildman–Crippen MR) is 86.5 cm³/mol. The Hall–Kier alpha value is -1.81. The number of rotatable bonds is 3. The third kappa shape index (κ3) is 2.56. The van der Waals surface area contributed by atoms with Gasteiger partial charge in [-0.15, -0.1) is 11.3 Å². The van der Waals surface area contributed by atoms with Crippen LogP contribution in [-0.4, -0.2) is 14.9 Å². The number of nitrogens with one attached hydrogen (secondary N) is 1. The number of non-ortho nitro benzene ring substituents is 1. The van der Waals surface area contributed by atoms with Gasteiger partial charge in [0.15, 0.2) is 0 Å². The molecule has 0 amide bonds. The van der Waals surface area contributed by atoms with Crippen molar-refractivity contribution in [2.45, 2.75) is 0 Å². The summed E-state index contributed by atoms with van der Waals surface area (Å²) >= 11 is 3.80. The lowest BCUT2D eigenvalue weighted by atomic mass is 10.3. The summed E-state index contributed by atoms with van der Waals surface area (Å²) in [7, 11) is 0. The largest absolute Gasteiger partial charge is 0.324 e. The van der Waals surface area contributed by atoms with Gasteiger partial charge in [0.2, 0.25) is 5.95 Å². The zero-order chi connectivity index (χ0) is 14.1. The number of anilines is 2. The normalized spacial score (nSPS) is 10.7. The van der Waals surface area contributed by atoms with E-state index in [0.717, 1.165) is 13.8 Å². The Labute approximate surface area is 131 Å². The second-order valence-electron chi connectivity index (χ2n) is 3.92. The molecule has 0 saturated carbocycles. The fourth-order valence-corrected chi connectivity index (χ4v) is 3.38. The molecule has 3 aromatic rings. The lowest BCUT2D eigenvalue weighted by Crippen LogP contribution is -1.97. The van der Waals surface area contributed by atoms with Gasteiger partial charge in [-0.3, -0.25) is 10.1 Å². The summed E-state index contributed by atoms with van der Waals surface area (Å²) in [5.74, 6) is 0.425. The summed E-state index contributed by atoms with van der Waals surface area (Å²) in [5, 5.41) is 15.7. The summed E-state index contributed by atoms with van der Waals surface area (Å²) in [5.41, 5.74) is 1.50. The van der Waals surface area contributed by atoms with Crippen LogP contribution in [0.3, 0.4) is 0 Å². The first kappa shape index (κ1) is 13.2. The first-order chi connectivity index (χ1) is 9.63. The van der Waals surface area contributed by atoms with E-state index < -0.39 is 4.92 Å². The van der Waals surface area contributed by atoms with Crippen LogP contribution in [0.15, 0.2) is 35.8 Å². The molecule has 0 spiro atoms. The molecule has 0 radical (unpaired) electrons. The molecule has 0 bridgehead atoms. The van der Waals surface area contributed by atoms with Crippen LogP contribution < -0.4 is 5.32 Å². The van der Waals surface area contributed by atoms with Crippen molar-refractivity contribution < 1.29 is 4.92 Å². The van der Waals surface area contributed by atoms with Crippen molar-refractivity contribution in [3.8, 4) is 0 Å². The topological polar surface area (TPSA) is 81.0 Å². The standard InChI is InChI=1S/C12H7IN4O2S/c13-9-6-20-10-5-14-12(16-11(9)10)15-7-2-1-3-8(4-7)17(18)19/h1-6H,(H,14,15,16). The minimum absolute atomic E-state index is 0.0289. The van der Waals surface area contributed by atoms with Gasteiger partial charge in [0.1, 0.15) is 0 Å². The Balaban J connectivity index is 1.94. The zero-order valence-electron chi connectivity index (χ0n) is 9.91. The Bertz CT molecular complexity index is 805. The molecule has 0 saturated heterocycles. The first-order valence-electron chi connectivity index (χ1n) is 5.55. The van der Waals surface area contributed by atoms with E-state index in [2.05, 4.69) is 37.9 Å². The van der Waals surface area contributed by atoms with E-state index in [0.29, 0.717) is 11.6 Å². The summed E-state index contributed by atoms with van der Waals surface area (Å²) in [4.78, 5) is 18.9. The smallest absolute Gasteiger partial charge is 0.271 e. The minimum atomic E-state index is -0.433. The van der Waals surface area contributed by atoms with Crippen molar-refractivity contribution in [3.05, 3.63) is 49.5 Å². The van der Waals surface area contributed by atoms with E-state index >= 15 is 0 Å². The van der Waals surface area contributed by atoms with Crippen LogP contribution in [0, 0.1) is 13.7 Å². The molecule has 1 aromatic carbocycles. The maximum Gasteiger partial charge on any atom is 0.271 e. The number of halogens is 1.